The molecule has 0 bridgehead atoms. The van der Waals surface area contributed by atoms with Crippen molar-refractivity contribution in [2.24, 2.45) is 40.6 Å². The van der Waals surface area contributed by atoms with Crippen molar-refractivity contribution in [1.29, 1.82) is 0 Å². The van der Waals surface area contributed by atoms with Crippen molar-refractivity contribution in [2.75, 3.05) is 6.54 Å². The molecule has 5 heterocycles. The number of hydrogen-bond donors (Lipinski definition) is 5. The van der Waals surface area contributed by atoms with Crippen molar-refractivity contribution in [3.63, 3.8) is 0 Å². The van der Waals surface area contributed by atoms with Crippen molar-refractivity contribution in [3.05, 3.63) is 0 Å². The highest BCUT2D eigenvalue weighted by atomic mass is 16.7. The van der Waals surface area contributed by atoms with Gasteiger partial charge >= 0.3 is 5.97 Å². The Bertz CT molecular complexity index is 1160. The normalized spacial score (nSPS) is 49.9. The average molecular weight is 647 g/mol. The fourth-order valence-corrected chi connectivity index (χ4v) is 10.6. The molecule has 46 heavy (non-hydrogen) atoms. The third-order valence-corrected chi connectivity index (χ3v) is 13.3. The van der Waals surface area contributed by atoms with Gasteiger partial charge < -0.3 is 40.8 Å². The lowest BCUT2D eigenvalue weighted by molar-refractivity contribution is -0.257. The van der Waals surface area contributed by atoms with Gasteiger partial charge in [0.25, 0.3) is 0 Å². The van der Waals surface area contributed by atoms with Crippen LogP contribution in [0.3, 0.4) is 0 Å². The Morgan fingerprint density at radius 1 is 1.02 bits per heavy atom. The molecule has 0 aromatic heterocycles. The van der Waals surface area contributed by atoms with Crippen LogP contribution in [0.2, 0.25) is 0 Å². The summed E-state index contributed by atoms with van der Waals surface area (Å²) in [5.41, 5.74) is 11.3. The van der Waals surface area contributed by atoms with Crippen LogP contribution in [0.4, 0.5) is 0 Å². The summed E-state index contributed by atoms with van der Waals surface area (Å²) in [7, 11) is 0. The summed E-state index contributed by atoms with van der Waals surface area (Å²) in [6.07, 6.45) is 8.53. The molecule has 0 amide bonds. The van der Waals surface area contributed by atoms with Crippen LogP contribution in [0.5, 0.6) is 0 Å². The molecule has 11 nitrogen and oxygen atoms in total. The third kappa shape index (κ3) is 6.10. The van der Waals surface area contributed by atoms with Crippen LogP contribution in [0, 0.1) is 29.1 Å². The zero-order chi connectivity index (χ0) is 32.6. The number of rotatable bonds is 6. The van der Waals surface area contributed by atoms with Crippen LogP contribution >= 0.6 is 0 Å². The van der Waals surface area contributed by atoms with E-state index in [1.54, 1.807) is 0 Å². The van der Waals surface area contributed by atoms with Gasteiger partial charge in [0, 0.05) is 24.8 Å². The van der Waals surface area contributed by atoms with Crippen LogP contribution in [0.1, 0.15) is 105 Å². The molecular formula is C35H58N4O7. The van der Waals surface area contributed by atoms with Crippen LogP contribution in [-0.2, 0) is 28.5 Å². The lowest BCUT2D eigenvalue weighted by Gasteiger charge is -2.53. The van der Waals surface area contributed by atoms with E-state index in [9.17, 15) is 14.7 Å². The Hall–Kier alpha value is -1.18. The van der Waals surface area contributed by atoms with Crippen molar-refractivity contribution < 1.29 is 33.6 Å². The molecule has 11 heteroatoms. The van der Waals surface area contributed by atoms with Crippen molar-refractivity contribution >= 4 is 11.8 Å². The number of epoxide rings is 1. The summed E-state index contributed by atoms with van der Waals surface area (Å²) >= 11 is 0. The first kappa shape index (κ1) is 33.3. The number of nitrogens with one attached hydrogen (secondary N) is 2. The van der Waals surface area contributed by atoms with E-state index in [4.69, 9.17) is 30.4 Å². The Kier molecular flexibility index (Phi) is 8.91. The molecule has 5 aliphatic heterocycles. The first-order valence-electron chi connectivity index (χ1n) is 18.2. The van der Waals surface area contributed by atoms with Gasteiger partial charge in [-0.2, -0.15) is 0 Å². The van der Waals surface area contributed by atoms with Crippen LogP contribution in [-0.4, -0.2) is 89.6 Å². The maximum Gasteiger partial charge on any atom is 0.341 e. The lowest BCUT2D eigenvalue weighted by Crippen LogP contribution is -2.63. The Morgan fingerprint density at radius 3 is 2.52 bits per heavy atom. The first-order valence-corrected chi connectivity index (χ1v) is 18.2. The fourth-order valence-electron chi connectivity index (χ4n) is 10.6. The second-order valence-corrected chi connectivity index (χ2v) is 16.8. The molecule has 2 aliphatic carbocycles. The summed E-state index contributed by atoms with van der Waals surface area (Å²) in [4.78, 5) is 26.8. The van der Waals surface area contributed by atoms with Gasteiger partial charge in [0.1, 0.15) is 11.9 Å². The van der Waals surface area contributed by atoms with Gasteiger partial charge in [-0.1, -0.05) is 12.8 Å². The largest absolute Gasteiger partial charge is 0.457 e. The highest BCUT2D eigenvalue weighted by Gasteiger charge is 2.64. The molecule has 7 aliphatic rings. The molecule has 7 N–H and O–H groups in total. The molecule has 0 radical (unpaired) electrons. The summed E-state index contributed by atoms with van der Waals surface area (Å²) in [6.45, 7) is 8.61. The number of fused-ring (bicyclic) bond motifs is 2. The Balaban J connectivity index is 1.01. The van der Waals surface area contributed by atoms with Crippen molar-refractivity contribution in [2.45, 2.75) is 171 Å². The summed E-state index contributed by atoms with van der Waals surface area (Å²) < 4.78 is 25.1. The molecule has 0 aromatic carbocycles. The minimum absolute atomic E-state index is 0.0366. The topological polar surface area (TPSA) is 171 Å². The molecule has 7 fully saturated rings. The van der Waals surface area contributed by atoms with Gasteiger partial charge in [0.15, 0.2) is 5.60 Å². The predicted octanol–water partition coefficient (Wildman–Crippen LogP) is 2.25. The first-order chi connectivity index (χ1) is 21.8. The number of aliphatic hydroxyl groups is 1. The number of hydrogen-bond acceptors (Lipinski definition) is 11. The van der Waals surface area contributed by atoms with E-state index in [1.165, 1.54) is 12.8 Å². The van der Waals surface area contributed by atoms with Gasteiger partial charge in [-0.15, -0.1) is 0 Å². The molecule has 0 aromatic rings. The molecule has 260 valence electrons. The van der Waals surface area contributed by atoms with E-state index in [1.807, 2.05) is 27.7 Å². The second kappa shape index (κ2) is 12.3. The van der Waals surface area contributed by atoms with E-state index in [-0.39, 0.29) is 59.8 Å². The van der Waals surface area contributed by atoms with E-state index >= 15 is 0 Å². The predicted molar refractivity (Wildman–Crippen MR) is 170 cm³/mol. The van der Waals surface area contributed by atoms with Crippen molar-refractivity contribution in [3.8, 4) is 0 Å². The SMILES string of the molecule is CC1CC(=O)C2C(CC3OC(C)(C)[C@H](OC(=O)[C@]4(C)O[C@@H]4CC4(C5CC(N)NC(C6CCNC(N)C6)C5)CCCC4)CC3C2O)O1. The fraction of sp³-hybridized carbons (Fsp3) is 0.943. The summed E-state index contributed by atoms with van der Waals surface area (Å²) in [6, 6.07) is 0.359. The number of nitrogens with two attached hydrogens (primary N) is 2. The number of ether oxygens (including phenoxy) is 4. The van der Waals surface area contributed by atoms with Crippen LogP contribution in [0.15, 0.2) is 0 Å². The number of ketones is 1. The van der Waals surface area contributed by atoms with Gasteiger partial charge in [-0.3, -0.25) is 10.1 Å². The molecule has 5 saturated heterocycles. The molecular weight excluding hydrogens is 588 g/mol. The number of piperidine rings is 2. The van der Waals surface area contributed by atoms with Gasteiger partial charge in [-0.25, -0.2) is 4.79 Å². The molecule has 14 atom stereocenters. The highest BCUT2D eigenvalue weighted by molar-refractivity contribution is 5.84. The van der Waals surface area contributed by atoms with Crippen LogP contribution < -0.4 is 22.1 Å². The number of Topliss-reactive ketones (excluding diaryl/α,β-unsaturated/α-hetero) is 1. The minimum atomic E-state index is -1.00. The van der Waals surface area contributed by atoms with Crippen LogP contribution in [0.25, 0.3) is 0 Å². The quantitative estimate of drug-likeness (QED) is 0.212. The summed E-state index contributed by atoms with van der Waals surface area (Å²) in [5, 5.41) is 18.5. The maximum absolute atomic E-state index is 13.9. The van der Waals surface area contributed by atoms with Gasteiger partial charge in [0.2, 0.25) is 0 Å². The van der Waals surface area contributed by atoms with E-state index in [2.05, 4.69) is 10.6 Å². The zero-order valence-corrected chi connectivity index (χ0v) is 28.2. The van der Waals surface area contributed by atoms with E-state index < -0.39 is 29.3 Å². The molecule has 0 spiro atoms. The van der Waals surface area contributed by atoms with Gasteiger partial charge in [-0.05, 0) is 103 Å². The summed E-state index contributed by atoms with van der Waals surface area (Å²) in [5.74, 6) is -0.170. The third-order valence-electron chi connectivity index (χ3n) is 13.3. The molecule has 2 saturated carbocycles. The highest BCUT2D eigenvalue weighted by Crippen LogP contribution is 2.57. The Morgan fingerprint density at radius 2 is 1.78 bits per heavy atom. The lowest BCUT2D eigenvalue weighted by atomic mass is 9.63. The van der Waals surface area contributed by atoms with E-state index in [0.29, 0.717) is 37.1 Å². The van der Waals surface area contributed by atoms with Gasteiger partial charge in [0.05, 0.1) is 54.4 Å². The number of esters is 1. The molecule has 7 rings (SSSR count). The smallest absolute Gasteiger partial charge is 0.341 e. The zero-order valence-electron chi connectivity index (χ0n) is 28.2. The Labute approximate surface area is 273 Å². The van der Waals surface area contributed by atoms with E-state index in [0.717, 1.165) is 51.5 Å². The number of aliphatic hydroxyl groups excluding tert-OH is 1. The number of carbonyl (C=O) groups excluding carboxylic acids is 2. The standard InChI is InChI=1S/C35H58N4O7/c1-18-11-23(40)30-25(43-18)16-24-21(31(30)41)15-26(33(2,3)45-24)44-32(42)34(4)27(46-34)17-35(8-5-6-9-35)20-13-22(39-29(37)14-20)19-7-10-38-28(36)12-19/h18-22,24-31,38-39,41H,5-17,36-37H2,1-4H3/t18?,19?,20?,21?,22?,24?,25?,26-,27-,28?,29?,30?,31?,34-/m1/s1. The monoisotopic (exact) mass is 646 g/mol. The minimum Gasteiger partial charge on any atom is -0.457 e. The maximum atomic E-state index is 13.9. The average Bonchev–Trinajstić information content (AvgIpc) is 3.39. The second-order valence-electron chi connectivity index (χ2n) is 16.8. The number of carbonyl (C=O) groups is 2. The van der Waals surface area contributed by atoms with Crippen molar-refractivity contribution in [1.82, 2.24) is 10.6 Å². The molecule has 11 unspecified atom stereocenters.